The molecule has 0 aliphatic heterocycles. The van der Waals surface area contributed by atoms with Crippen molar-refractivity contribution in [1.82, 2.24) is 9.71 Å². The van der Waals surface area contributed by atoms with E-state index in [1.807, 2.05) is 20.8 Å². The van der Waals surface area contributed by atoms with Gasteiger partial charge >= 0.3 is 0 Å². The van der Waals surface area contributed by atoms with Crippen LogP contribution in [0.5, 0.6) is 0 Å². The summed E-state index contributed by atoms with van der Waals surface area (Å²) in [6, 6.07) is 1.03. The van der Waals surface area contributed by atoms with Gasteiger partial charge in [-0.1, -0.05) is 0 Å². The smallest absolute Gasteiger partial charge is 0.217 e. The molecule has 0 fully saturated rings. The molecule has 1 aromatic rings. The van der Waals surface area contributed by atoms with Crippen LogP contribution in [0.2, 0.25) is 0 Å². The predicted octanol–water partition coefficient (Wildman–Crippen LogP) is 2.46. The molecule has 1 rings (SSSR count). The third kappa shape index (κ3) is 5.00. The first-order valence-corrected chi connectivity index (χ1v) is 7.80. The van der Waals surface area contributed by atoms with Gasteiger partial charge in [0, 0.05) is 34.2 Å². The number of nitrogens with zero attached hydrogens (tertiary/aromatic N) is 1. The molecule has 0 radical (unpaired) electrons. The summed E-state index contributed by atoms with van der Waals surface area (Å²) in [5.74, 6) is -0.625. The summed E-state index contributed by atoms with van der Waals surface area (Å²) in [6.45, 7) is 5.33. The van der Waals surface area contributed by atoms with Gasteiger partial charge in [-0.25, -0.2) is 4.98 Å². The zero-order valence-corrected chi connectivity index (χ0v) is 13.5. The molecule has 0 bridgehead atoms. The van der Waals surface area contributed by atoms with Crippen molar-refractivity contribution < 1.29 is 14.0 Å². The van der Waals surface area contributed by atoms with Crippen molar-refractivity contribution in [2.75, 3.05) is 6.61 Å². The minimum absolute atomic E-state index is 0.134. The second kappa shape index (κ2) is 6.99. The van der Waals surface area contributed by atoms with Gasteiger partial charge in [0.1, 0.15) is 4.75 Å². The van der Waals surface area contributed by atoms with Crippen LogP contribution < -0.4 is 4.72 Å². The molecule has 2 atom stereocenters. The fraction of sp³-hybridized carbons (Fsp3) is 0.583. The van der Waals surface area contributed by atoms with Crippen molar-refractivity contribution in [3.8, 4) is 0 Å². The molecule has 0 spiro atoms. The van der Waals surface area contributed by atoms with E-state index in [1.54, 1.807) is 6.07 Å². The lowest BCUT2D eigenvalue weighted by atomic mass is 10.1. The largest absolute Gasteiger partial charge is 0.598 e. The lowest BCUT2D eigenvalue weighted by molar-refractivity contribution is 0.270. The number of hydrogen-bond donors (Lipinski definition) is 2. The Hall–Kier alpha value is -0.210. The highest BCUT2D eigenvalue weighted by molar-refractivity contribution is 9.10. The molecule has 19 heavy (non-hydrogen) atoms. The molecular formula is C12H18BrFN2O2S. The average molecular weight is 353 g/mol. The topological polar surface area (TPSA) is 68.2 Å². The van der Waals surface area contributed by atoms with E-state index < -0.39 is 28.1 Å². The summed E-state index contributed by atoms with van der Waals surface area (Å²) >= 11 is 1.87. The Kier molecular flexibility index (Phi) is 6.19. The maximum Gasteiger partial charge on any atom is 0.217 e. The van der Waals surface area contributed by atoms with Gasteiger partial charge in [-0.3, -0.25) is 0 Å². The third-order valence-electron chi connectivity index (χ3n) is 2.43. The van der Waals surface area contributed by atoms with Gasteiger partial charge in [0.25, 0.3) is 0 Å². The number of pyridine rings is 1. The van der Waals surface area contributed by atoms with Crippen molar-refractivity contribution in [2.45, 2.75) is 38.0 Å². The number of aliphatic hydroxyl groups excluding tert-OH is 1. The zero-order valence-electron chi connectivity index (χ0n) is 11.1. The van der Waals surface area contributed by atoms with Crippen LogP contribution in [0.3, 0.4) is 0 Å². The molecule has 0 aliphatic carbocycles. The van der Waals surface area contributed by atoms with E-state index in [9.17, 15) is 8.94 Å². The van der Waals surface area contributed by atoms with Crippen LogP contribution in [-0.4, -0.2) is 26.0 Å². The molecule has 0 amide bonds. The first kappa shape index (κ1) is 16.8. The van der Waals surface area contributed by atoms with Crippen molar-refractivity contribution >= 4 is 27.3 Å². The number of nitrogens with one attached hydrogen (secondary N) is 1. The Bertz CT molecular complexity index is 429. The van der Waals surface area contributed by atoms with Gasteiger partial charge in [-0.05, 0) is 49.2 Å². The summed E-state index contributed by atoms with van der Waals surface area (Å²) < 4.78 is 28.8. The molecule has 108 valence electrons. The number of aromatic nitrogens is 1. The normalized spacial score (nSPS) is 15.3. The predicted molar refractivity (Wildman–Crippen MR) is 77.4 cm³/mol. The average Bonchev–Trinajstić information content (AvgIpc) is 2.30. The van der Waals surface area contributed by atoms with Crippen LogP contribution in [0.15, 0.2) is 16.7 Å². The van der Waals surface area contributed by atoms with Gasteiger partial charge in [-0.2, -0.15) is 4.39 Å². The van der Waals surface area contributed by atoms with E-state index in [0.717, 1.165) is 0 Å². The number of hydrogen-bond acceptors (Lipinski definition) is 4. The van der Waals surface area contributed by atoms with Crippen LogP contribution >= 0.6 is 15.9 Å². The van der Waals surface area contributed by atoms with Crippen LogP contribution in [-0.2, 0) is 11.4 Å². The summed E-state index contributed by atoms with van der Waals surface area (Å²) in [5.41, 5.74) is 0.293. The van der Waals surface area contributed by atoms with E-state index in [1.165, 1.54) is 6.20 Å². The molecule has 1 aromatic heterocycles. The van der Waals surface area contributed by atoms with Gasteiger partial charge in [0.05, 0.1) is 6.04 Å². The number of halogens is 2. The Morgan fingerprint density at radius 2 is 2.21 bits per heavy atom. The van der Waals surface area contributed by atoms with Crippen molar-refractivity contribution in [1.29, 1.82) is 0 Å². The highest BCUT2D eigenvalue weighted by atomic mass is 79.9. The van der Waals surface area contributed by atoms with Gasteiger partial charge in [-0.15, -0.1) is 4.72 Å². The molecule has 0 saturated heterocycles. The van der Waals surface area contributed by atoms with Crippen LogP contribution in [0.1, 0.15) is 38.8 Å². The standard InChI is InChI=1S/C12H18BrFN2O2S/c1-12(2,3)19(18)16-10(4-5-17)9-6-8(13)7-15-11(9)14/h6-7,10,16-17H,4-5H2,1-3H3. The van der Waals surface area contributed by atoms with E-state index in [-0.39, 0.29) is 13.0 Å². The van der Waals surface area contributed by atoms with E-state index in [0.29, 0.717) is 10.0 Å². The Morgan fingerprint density at radius 1 is 1.58 bits per heavy atom. The molecule has 7 heteroatoms. The third-order valence-corrected chi connectivity index (χ3v) is 4.48. The fourth-order valence-electron chi connectivity index (χ4n) is 1.40. The first-order valence-electron chi connectivity index (χ1n) is 5.85. The van der Waals surface area contributed by atoms with Crippen LogP contribution in [0, 0.1) is 5.95 Å². The molecule has 0 saturated carbocycles. The Labute approximate surface area is 124 Å². The van der Waals surface area contributed by atoms with Crippen molar-refractivity contribution in [2.24, 2.45) is 0 Å². The van der Waals surface area contributed by atoms with E-state index in [2.05, 4.69) is 25.6 Å². The lowest BCUT2D eigenvalue weighted by Gasteiger charge is -2.28. The van der Waals surface area contributed by atoms with Crippen LogP contribution in [0.4, 0.5) is 4.39 Å². The number of aliphatic hydroxyl groups is 1. The second-order valence-electron chi connectivity index (χ2n) is 5.10. The maximum atomic E-state index is 13.7. The first-order chi connectivity index (χ1) is 8.75. The van der Waals surface area contributed by atoms with Gasteiger partial charge < -0.3 is 9.66 Å². The molecule has 2 unspecified atom stereocenters. The molecular weight excluding hydrogens is 335 g/mol. The highest BCUT2D eigenvalue weighted by Crippen LogP contribution is 2.25. The minimum atomic E-state index is -1.36. The Balaban J connectivity index is 2.97. The van der Waals surface area contributed by atoms with Gasteiger partial charge in [0.15, 0.2) is 0 Å². The van der Waals surface area contributed by atoms with Crippen molar-refractivity contribution in [3.63, 3.8) is 0 Å². The molecule has 4 nitrogen and oxygen atoms in total. The van der Waals surface area contributed by atoms with Gasteiger partial charge in [0.2, 0.25) is 5.95 Å². The molecule has 0 aliphatic rings. The maximum absolute atomic E-state index is 13.7. The summed E-state index contributed by atoms with van der Waals surface area (Å²) in [7, 11) is 0. The fourth-order valence-corrected chi connectivity index (χ4v) is 2.60. The summed E-state index contributed by atoms with van der Waals surface area (Å²) in [6.07, 6.45) is 1.62. The lowest BCUT2D eigenvalue weighted by Crippen LogP contribution is -2.41. The summed E-state index contributed by atoms with van der Waals surface area (Å²) in [4.78, 5) is 3.62. The summed E-state index contributed by atoms with van der Waals surface area (Å²) in [5, 5.41) is 9.08. The minimum Gasteiger partial charge on any atom is -0.598 e. The quantitative estimate of drug-likeness (QED) is 0.630. The van der Waals surface area contributed by atoms with Crippen LogP contribution in [0.25, 0.3) is 0 Å². The second-order valence-corrected chi connectivity index (χ2v) is 8.01. The van der Waals surface area contributed by atoms with E-state index >= 15 is 0 Å². The highest BCUT2D eigenvalue weighted by Gasteiger charge is 2.30. The molecule has 0 aromatic carbocycles. The monoisotopic (exact) mass is 352 g/mol. The SMILES string of the molecule is CC(C)(C)[S+]([O-])NC(CCO)c1cc(Br)cnc1F. The molecule has 1 heterocycles. The van der Waals surface area contributed by atoms with Crippen molar-refractivity contribution in [3.05, 3.63) is 28.2 Å². The molecule has 2 N–H and O–H groups in total. The zero-order chi connectivity index (χ0) is 14.6. The Morgan fingerprint density at radius 3 is 2.74 bits per heavy atom. The number of rotatable bonds is 5. The van der Waals surface area contributed by atoms with E-state index in [4.69, 9.17) is 5.11 Å².